The van der Waals surface area contributed by atoms with E-state index < -0.39 is 25.7 Å². The topological polar surface area (TPSA) is 49.3 Å². The second-order valence-corrected chi connectivity index (χ2v) is 21.6. The Morgan fingerprint density at radius 3 is 1.62 bits per heavy atom. The molecule has 0 bridgehead atoms. The first-order valence-corrected chi connectivity index (χ1v) is 20.0. The summed E-state index contributed by atoms with van der Waals surface area (Å²) in [5.41, 5.74) is 4.12. The fourth-order valence-electron chi connectivity index (χ4n) is 7.12. The van der Waals surface area contributed by atoms with E-state index in [0.717, 1.165) is 11.3 Å². The molecular weight excluding hydrogens is 561 g/mol. The number of benzene rings is 2. The van der Waals surface area contributed by atoms with Crippen molar-refractivity contribution >= 4 is 37.1 Å². The minimum atomic E-state index is -1.15. The van der Waals surface area contributed by atoms with E-state index in [1.165, 1.54) is 17.4 Å². The van der Waals surface area contributed by atoms with Crippen molar-refractivity contribution in [2.24, 2.45) is 0 Å². The predicted octanol–water partition coefficient (Wildman–Crippen LogP) is 10.2. The smallest absolute Gasteiger partial charge is 0.337 e. The first-order chi connectivity index (χ1) is 18.0. The van der Waals surface area contributed by atoms with Crippen LogP contribution in [-0.4, -0.2) is 30.8 Å². The summed E-state index contributed by atoms with van der Waals surface area (Å²) >= 11 is -1.15. The monoisotopic (exact) mass is 610 g/mol. The molecular formula is C33H48NO2Sn. The maximum Gasteiger partial charge on any atom is 0.337 e. The van der Waals surface area contributed by atoms with Crippen LogP contribution in [0, 0.1) is 13.8 Å². The van der Waals surface area contributed by atoms with Crippen LogP contribution in [-0.2, 0) is 0 Å². The van der Waals surface area contributed by atoms with Crippen LogP contribution in [0.5, 0.6) is 0 Å². The Balaban J connectivity index is 0.000000173. The normalized spacial score (nSPS) is 19.8. The second-order valence-electron chi connectivity index (χ2n) is 11.7. The zero-order chi connectivity index (χ0) is 26.0. The number of anilines is 2. The van der Waals surface area contributed by atoms with Crippen molar-refractivity contribution in [2.45, 2.75) is 122 Å². The number of aryl methyl sites for hydroxylation is 1. The molecule has 201 valence electrons. The summed E-state index contributed by atoms with van der Waals surface area (Å²) in [6, 6.07) is 12.8. The van der Waals surface area contributed by atoms with E-state index in [1.54, 1.807) is 115 Å². The van der Waals surface area contributed by atoms with E-state index in [2.05, 4.69) is 5.32 Å². The predicted molar refractivity (Wildman–Crippen MR) is 159 cm³/mol. The Kier molecular flexibility index (Phi) is 11.3. The Labute approximate surface area is 232 Å². The van der Waals surface area contributed by atoms with Crippen molar-refractivity contribution in [3.63, 3.8) is 0 Å². The number of hydrogen-bond donors (Lipinski definition) is 2. The Morgan fingerprint density at radius 2 is 1.14 bits per heavy atom. The number of carboxylic acid groups (broad SMARTS) is 1. The molecule has 0 aromatic heterocycles. The van der Waals surface area contributed by atoms with Crippen LogP contribution in [0.15, 0.2) is 42.5 Å². The van der Waals surface area contributed by atoms with E-state index in [-0.39, 0.29) is 5.56 Å². The molecule has 0 atom stereocenters. The van der Waals surface area contributed by atoms with Gasteiger partial charge in [-0.25, -0.2) is 4.79 Å². The van der Waals surface area contributed by atoms with Crippen LogP contribution in [0.2, 0.25) is 11.8 Å². The maximum atomic E-state index is 11.1. The molecule has 3 aliphatic carbocycles. The van der Waals surface area contributed by atoms with Crippen LogP contribution >= 0.6 is 0 Å². The van der Waals surface area contributed by atoms with Gasteiger partial charge >= 0.3 is 134 Å². The number of aromatic carboxylic acids is 1. The molecule has 0 saturated heterocycles. The summed E-state index contributed by atoms with van der Waals surface area (Å²) in [5.74, 6) is -0.927. The molecule has 2 N–H and O–H groups in total. The Morgan fingerprint density at radius 1 is 0.676 bits per heavy atom. The van der Waals surface area contributed by atoms with Crippen molar-refractivity contribution in [3.05, 3.63) is 59.2 Å². The molecule has 2 aromatic carbocycles. The summed E-state index contributed by atoms with van der Waals surface area (Å²) in [7, 11) is 0. The van der Waals surface area contributed by atoms with Gasteiger partial charge in [0, 0.05) is 5.69 Å². The molecule has 1 radical (unpaired) electrons. The van der Waals surface area contributed by atoms with Gasteiger partial charge in [0.1, 0.15) is 0 Å². The van der Waals surface area contributed by atoms with Crippen LogP contribution < -0.4 is 5.32 Å². The van der Waals surface area contributed by atoms with Crippen LogP contribution in [0.1, 0.15) is 118 Å². The first-order valence-electron chi connectivity index (χ1n) is 15.1. The number of hydrogen-bond acceptors (Lipinski definition) is 2. The molecule has 37 heavy (non-hydrogen) atoms. The molecule has 3 aliphatic rings. The van der Waals surface area contributed by atoms with E-state index in [9.17, 15) is 4.79 Å². The zero-order valence-corrected chi connectivity index (χ0v) is 26.1. The van der Waals surface area contributed by atoms with E-state index in [1.807, 2.05) is 38.1 Å². The van der Waals surface area contributed by atoms with E-state index in [0.29, 0.717) is 5.69 Å². The van der Waals surface area contributed by atoms with E-state index >= 15 is 0 Å². The minimum absolute atomic E-state index is 0.276. The van der Waals surface area contributed by atoms with Gasteiger partial charge in [0.15, 0.2) is 0 Å². The largest absolute Gasteiger partial charge is 0.478 e. The summed E-state index contributed by atoms with van der Waals surface area (Å²) in [4.78, 5) is 11.1. The standard InChI is InChI=1S/C15H15NO2.3C6H11.Sn/c1-10-6-5-9-13(11(10)2)16-14-8-4-3-7-12(14)15(17)18;3*1-2-4-6-5-3-1;/h3-9,16H,1-2H3,(H,17,18);3*1H,2-6H2;. The van der Waals surface area contributed by atoms with Gasteiger partial charge in [-0.05, 0) is 43.2 Å². The number of carboxylic acids is 1. The average Bonchev–Trinajstić information content (AvgIpc) is 2.94. The number of rotatable bonds is 6. The van der Waals surface area contributed by atoms with Crippen molar-refractivity contribution in [1.82, 2.24) is 0 Å². The fraction of sp³-hybridized carbons (Fsp3) is 0.606. The van der Waals surface area contributed by atoms with E-state index in [4.69, 9.17) is 5.11 Å². The van der Waals surface area contributed by atoms with Gasteiger partial charge in [0.25, 0.3) is 0 Å². The molecule has 2 aromatic rings. The Bertz CT molecular complexity index is 945. The van der Waals surface area contributed by atoms with Gasteiger partial charge in [0.2, 0.25) is 0 Å². The number of para-hydroxylation sites is 1. The molecule has 0 amide bonds. The first kappa shape index (κ1) is 28.5. The van der Waals surface area contributed by atoms with Crippen LogP contribution in [0.25, 0.3) is 0 Å². The van der Waals surface area contributed by atoms with Gasteiger partial charge in [-0.2, -0.15) is 0 Å². The van der Waals surface area contributed by atoms with Gasteiger partial charge < -0.3 is 10.4 Å². The number of nitrogens with one attached hydrogen (secondary N) is 1. The third-order valence-electron chi connectivity index (χ3n) is 9.26. The minimum Gasteiger partial charge on any atom is -0.478 e. The molecule has 0 unspecified atom stereocenters. The third kappa shape index (κ3) is 8.00. The van der Waals surface area contributed by atoms with Crippen LogP contribution in [0.4, 0.5) is 11.4 Å². The Hall–Kier alpha value is -1.49. The van der Waals surface area contributed by atoms with Gasteiger partial charge in [-0.3, -0.25) is 0 Å². The van der Waals surface area contributed by atoms with Crippen molar-refractivity contribution in [3.8, 4) is 0 Å². The molecule has 4 heteroatoms. The molecule has 5 rings (SSSR count). The molecule has 0 spiro atoms. The maximum absolute atomic E-state index is 11.1. The van der Waals surface area contributed by atoms with Gasteiger partial charge in [-0.15, -0.1) is 0 Å². The van der Waals surface area contributed by atoms with Crippen LogP contribution in [0.3, 0.4) is 0 Å². The van der Waals surface area contributed by atoms with Crippen molar-refractivity contribution < 1.29 is 9.90 Å². The average molecular weight is 609 g/mol. The molecule has 3 fully saturated rings. The van der Waals surface area contributed by atoms with Gasteiger partial charge in [-0.1, -0.05) is 24.3 Å². The summed E-state index contributed by atoms with van der Waals surface area (Å²) in [6.07, 6.45) is 24.2. The quantitative estimate of drug-likeness (QED) is 0.321. The summed E-state index contributed by atoms with van der Waals surface area (Å²) in [6.45, 7) is 4.05. The zero-order valence-electron chi connectivity index (χ0n) is 23.2. The third-order valence-corrected chi connectivity index (χ3v) is 22.3. The summed E-state index contributed by atoms with van der Waals surface area (Å²) in [5, 5.41) is 12.3. The number of carbonyl (C=O) groups is 1. The van der Waals surface area contributed by atoms with Crippen molar-refractivity contribution in [1.29, 1.82) is 0 Å². The van der Waals surface area contributed by atoms with Gasteiger partial charge in [0.05, 0.1) is 11.3 Å². The second kappa shape index (κ2) is 14.6. The van der Waals surface area contributed by atoms with Crippen molar-refractivity contribution in [2.75, 3.05) is 5.32 Å². The SMILES string of the molecule is C1CC[CH]([Sn]([CH]2CCCCC2)[CH]2CCCCC2)CC1.Cc1cccc(Nc2ccccc2C(=O)O)c1C. The molecule has 0 aliphatic heterocycles. The fourth-order valence-corrected chi connectivity index (χ4v) is 22.0. The molecule has 3 saturated carbocycles. The molecule has 0 heterocycles. The molecule has 3 nitrogen and oxygen atoms in total. The summed E-state index contributed by atoms with van der Waals surface area (Å²) < 4.78 is 3.96.